The largest absolute Gasteiger partial charge is 0.393 e. The van der Waals surface area contributed by atoms with Gasteiger partial charge in [0.2, 0.25) is 0 Å². The zero-order valence-electron chi connectivity index (χ0n) is 30.1. The van der Waals surface area contributed by atoms with Crippen molar-refractivity contribution in [2.24, 2.45) is 55.7 Å². The van der Waals surface area contributed by atoms with Crippen molar-refractivity contribution in [1.82, 2.24) is 9.80 Å². The van der Waals surface area contributed by atoms with Gasteiger partial charge in [-0.1, -0.05) is 46.8 Å². The fraction of sp³-hybridized carbons (Fsp3) is 0.750. The molecule has 5 fully saturated rings. The second kappa shape index (κ2) is 10.7. The predicted molar refractivity (Wildman–Crippen MR) is 190 cm³/mol. The number of fused-ring (bicyclic) bond motifs is 5. The summed E-state index contributed by atoms with van der Waals surface area (Å²) in [5.74, 6) is 2.54. The van der Waals surface area contributed by atoms with Crippen LogP contribution < -0.4 is 0 Å². The molecule has 8 rings (SSSR count). The summed E-state index contributed by atoms with van der Waals surface area (Å²) in [5, 5.41) is 13.3. The van der Waals surface area contributed by atoms with E-state index in [0.29, 0.717) is 66.6 Å². The van der Waals surface area contributed by atoms with E-state index in [1.165, 1.54) is 16.4 Å². The number of nitrogens with zero attached hydrogens (tertiary/aromatic N) is 3. The van der Waals surface area contributed by atoms with Crippen LogP contribution >= 0.6 is 11.8 Å². The van der Waals surface area contributed by atoms with Crippen LogP contribution in [0.15, 0.2) is 29.3 Å². The van der Waals surface area contributed by atoms with Crippen molar-refractivity contribution >= 4 is 34.4 Å². The maximum Gasteiger partial charge on any atom is 0.261 e. The molecule has 1 aromatic carbocycles. The lowest BCUT2D eigenvalue weighted by Gasteiger charge is -2.63. The molecule has 7 aliphatic rings. The van der Waals surface area contributed by atoms with Crippen LogP contribution in [-0.2, 0) is 4.79 Å². The highest BCUT2D eigenvalue weighted by Gasteiger charge is 2.86. The number of aliphatic hydroxyl groups excluding tert-OH is 1. The number of hydrogen-bond acceptors (Lipinski definition) is 7. The van der Waals surface area contributed by atoms with E-state index in [1.807, 2.05) is 11.8 Å². The highest BCUT2D eigenvalue weighted by Crippen LogP contribution is 2.88. The molecule has 0 radical (unpaired) electrons. The van der Waals surface area contributed by atoms with Gasteiger partial charge in [0.25, 0.3) is 11.8 Å². The van der Waals surface area contributed by atoms with Gasteiger partial charge in [0.15, 0.2) is 0 Å². The zero-order valence-corrected chi connectivity index (χ0v) is 30.9. The summed E-state index contributed by atoms with van der Waals surface area (Å²) in [6.45, 7) is 15.1. The first kappa shape index (κ1) is 33.1. The van der Waals surface area contributed by atoms with Crippen LogP contribution in [0, 0.1) is 50.7 Å². The van der Waals surface area contributed by atoms with Gasteiger partial charge in [0.1, 0.15) is 5.78 Å². The molecule has 11 atom stereocenters. The number of Topliss-reactive ketones (excluding diaryl/α,β-unsaturated/α-hetero) is 1. The number of aliphatic hydroxyl groups is 1. The summed E-state index contributed by atoms with van der Waals surface area (Å²) in [6, 6.07) is 7.49. The van der Waals surface area contributed by atoms with E-state index < -0.39 is 6.10 Å². The van der Waals surface area contributed by atoms with Crippen molar-refractivity contribution < 1.29 is 19.5 Å². The Labute approximate surface area is 291 Å². The minimum atomic E-state index is -0.462. The van der Waals surface area contributed by atoms with Gasteiger partial charge in [-0.15, -0.1) is 11.8 Å². The molecule has 1 N–H and O–H groups in total. The third-order valence-electron chi connectivity index (χ3n) is 16.0. The number of rotatable bonds is 7. The molecule has 5 saturated carbocycles. The molecule has 2 heterocycles. The van der Waals surface area contributed by atoms with E-state index in [4.69, 9.17) is 4.99 Å². The van der Waals surface area contributed by atoms with Crippen LogP contribution in [0.25, 0.3) is 0 Å². The van der Waals surface area contributed by atoms with Crippen LogP contribution in [-0.4, -0.2) is 81.6 Å². The topological polar surface area (TPSA) is 90.3 Å². The summed E-state index contributed by atoms with van der Waals surface area (Å²) in [6.07, 6.45) is 7.09. The number of thioether (sulfide) groups is 1. The molecule has 0 aromatic heterocycles. The van der Waals surface area contributed by atoms with Gasteiger partial charge in [0, 0.05) is 47.4 Å². The second-order valence-corrected chi connectivity index (χ2v) is 19.1. The average molecular weight is 674 g/mol. The Morgan fingerprint density at radius 2 is 1.67 bits per heavy atom. The first-order chi connectivity index (χ1) is 22.7. The van der Waals surface area contributed by atoms with Crippen molar-refractivity contribution in [3.63, 3.8) is 0 Å². The molecule has 7 nitrogen and oxygen atoms in total. The van der Waals surface area contributed by atoms with Gasteiger partial charge < -0.3 is 10.0 Å². The first-order valence-electron chi connectivity index (χ1n) is 18.7. The van der Waals surface area contributed by atoms with E-state index in [-0.39, 0.29) is 50.8 Å². The van der Waals surface area contributed by atoms with Crippen molar-refractivity contribution in [1.29, 1.82) is 0 Å². The fourth-order valence-corrected chi connectivity index (χ4v) is 14.8. The number of ketones is 1. The third-order valence-corrected chi connectivity index (χ3v) is 17.6. The molecule has 0 bridgehead atoms. The lowest BCUT2D eigenvalue weighted by molar-refractivity contribution is -0.169. The summed E-state index contributed by atoms with van der Waals surface area (Å²) in [5.41, 5.74) is 0.640. The van der Waals surface area contributed by atoms with Gasteiger partial charge in [0.05, 0.1) is 28.3 Å². The molecule has 5 aliphatic carbocycles. The Kier molecular flexibility index (Phi) is 7.41. The fourth-order valence-electron chi connectivity index (χ4n) is 13.4. The molecule has 2 aliphatic heterocycles. The number of imide groups is 1. The Hall–Kier alpha value is -2.03. The lowest BCUT2D eigenvalue weighted by Crippen LogP contribution is -2.62. The Morgan fingerprint density at radius 3 is 2.33 bits per heavy atom. The summed E-state index contributed by atoms with van der Waals surface area (Å²) in [4.78, 5) is 49.7. The Bertz CT molecular complexity index is 1570. The standard InChI is InChI=1S/C40H55N3O4S/c1-23(2)33-41-30-15-16-39-21-40(39)29(14-13-28(39)36(30,4)22-48-33)37(5)19-27(44)32(38(37,6)20-31(40)45)24(3)42(7)17-10-18-43-34(46)25-11-8-9-12-26(25)35(43)47/h8-9,11-12,23-24,27-30,32,44H,10,13-22H2,1-7H3/t24-,27+,28-,29-,30-,32-,36-,37-,38+,39+,40+/m0/s1. The molecule has 0 unspecified atom stereocenters. The SMILES string of the molecule is CC(C)C1=N[C@H]2CC[C@]34C[C@@]35C(=O)C[C@]3(C)[C@@H]([C@H](C)N(C)CCCN6C(=O)c7ccccc7C6=O)[C@H](O)C[C@@]3(C)[C@@H]5CC[C@H]4[C@]2(C)CS1. The highest BCUT2D eigenvalue weighted by atomic mass is 32.2. The monoisotopic (exact) mass is 673 g/mol. The normalized spacial score (nSPS) is 44.9. The van der Waals surface area contributed by atoms with Crippen LogP contribution in [0.3, 0.4) is 0 Å². The number of aliphatic imine (C=N–C) groups is 1. The van der Waals surface area contributed by atoms with Crippen molar-refractivity contribution in [2.45, 2.75) is 111 Å². The van der Waals surface area contributed by atoms with Gasteiger partial charge >= 0.3 is 0 Å². The Balaban J connectivity index is 0.995. The smallest absolute Gasteiger partial charge is 0.261 e. The molecule has 48 heavy (non-hydrogen) atoms. The zero-order chi connectivity index (χ0) is 34.2. The van der Waals surface area contributed by atoms with E-state index in [9.17, 15) is 19.5 Å². The quantitative estimate of drug-likeness (QED) is 0.323. The van der Waals surface area contributed by atoms with Gasteiger partial charge in [-0.3, -0.25) is 24.3 Å². The van der Waals surface area contributed by atoms with Crippen LogP contribution in [0.2, 0.25) is 0 Å². The number of hydrogen-bond donors (Lipinski definition) is 1. The number of carbonyl (C=O) groups is 3. The minimum absolute atomic E-state index is 0.0210. The van der Waals surface area contributed by atoms with Gasteiger partial charge in [-0.05, 0) is 106 Å². The van der Waals surface area contributed by atoms with E-state index in [1.54, 1.807) is 24.3 Å². The van der Waals surface area contributed by atoms with Crippen molar-refractivity contribution in [3.8, 4) is 0 Å². The molecule has 0 saturated heterocycles. The summed E-state index contributed by atoms with van der Waals surface area (Å²) < 4.78 is 0. The van der Waals surface area contributed by atoms with E-state index >= 15 is 0 Å². The highest BCUT2D eigenvalue weighted by molar-refractivity contribution is 8.14. The van der Waals surface area contributed by atoms with Crippen LogP contribution in [0.4, 0.5) is 0 Å². The minimum Gasteiger partial charge on any atom is -0.393 e. The average Bonchev–Trinajstić information content (AvgIpc) is 3.62. The van der Waals surface area contributed by atoms with Crippen molar-refractivity contribution in [2.75, 3.05) is 25.9 Å². The van der Waals surface area contributed by atoms with E-state index in [2.05, 4.69) is 53.5 Å². The number of benzene rings is 1. The first-order valence-corrected chi connectivity index (χ1v) is 19.7. The Morgan fingerprint density at radius 1 is 1.00 bits per heavy atom. The maximum atomic E-state index is 14.9. The van der Waals surface area contributed by atoms with Crippen molar-refractivity contribution in [3.05, 3.63) is 35.4 Å². The predicted octanol–water partition coefficient (Wildman–Crippen LogP) is 6.73. The maximum absolute atomic E-state index is 14.9. The van der Waals surface area contributed by atoms with E-state index in [0.717, 1.165) is 37.9 Å². The molecule has 1 aromatic rings. The van der Waals surface area contributed by atoms with Crippen LogP contribution in [0.5, 0.6) is 0 Å². The molecular weight excluding hydrogens is 619 g/mol. The molecule has 2 amide bonds. The molecule has 8 heteroatoms. The summed E-state index contributed by atoms with van der Waals surface area (Å²) >= 11 is 1.98. The molecular formula is C40H55N3O4S. The third kappa shape index (κ3) is 4.03. The lowest BCUT2D eigenvalue weighted by atomic mass is 9.41. The summed E-state index contributed by atoms with van der Waals surface area (Å²) in [7, 11) is 2.10. The van der Waals surface area contributed by atoms with Gasteiger partial charge in [-0.25, -0.2) is 0 Å². The number of carbonyl (C=O) groups excluding carboxylic acids is 3. The molecule has 2 spiro atoms. The number of amides is 2. The van der Waals surface area contributed by atoms with Gasteiger partial charge in [-0.2, -0.15) is 0 Å². The second-order valence-electron chi connectivity index (χ2n) is 18.1. The molecule has 260 valence electrons. The van der Waals surface area contributed by atoms with Crippen LogP contribution in [0.1, 0.15) is 114 Å².